The lowest BCUT2D eigenvalue weighted by Gasteiger charge is -2.11. The van der Waals surface area contributed by atoms with Crippen LogP contribution in [0.5, 0.6) is 5.75 Å². The summed E-state index contributed by atoms with van der Waals surface area (Å²) in [7, 11) is 2.94. The molecule has 1 atom stereocenters. The molecule has 0 bridgehead atoms. The third-order valence-corrected chi connectivity index (χ3v) is 4.30. The number of rotatable bonds is 7. The lowest BCUT2D eigenvalue weighted by Crippen LogP contribution is -2.19. The first-order chi connectivity index (χ1) is 11.5. The maximum Gasteiger partial charge on any atom is 0.255 e. The number of likely N-dealkylation sites (N-methyl/N-ethyl adjacent to an activating group) is 1. The van der Waals surface area contributed by atoms with Gasteiger partial charge in [0.1, 0.15) is 12.4 Å². The second kappa shape index (κ2) is 8.61. The molecule has 0 spiro atoms. The van der Waals surface area contributed by atoms with Gasteiger partial charge in [-0.2, -0.15) is 0 Å². The van der Waals surface area contributed by atoms with Gasteiger partial charge in [-0.15, -0.1) is 0 Å². The molecule has 0 aromatic heterocycles. The molecule has 5 nitrogen and oxygen atoms in total. The predicted octanol–water partition coefficient (Wildman–Crippen LogP) is 2.62. The number of benzene rings is 2. The molecular formula is C18H22N2O3S. The van der Waals surface area contributed by atoms with Crippen LogP contribution in [0.1, 0.15) is 10.4 Å². The highest BCUT2D eigenvalue weighted by atomic mass is 32.2. The highest BCUT2D eigenvalue weighted by Crippen LogP contribution is 2.17. The summed E-state index contributed by atoms with van der Waals surface area (Å²) in [6.07, 6.45) is 1.61. The van der Waals surface area contributed by atoms with Gasteiger partial charge in [0.05, 0.1) is 0 Å². The van der Waals surface area contributed by atoms with Gasteiger partial charge in [0.2, 0.25) is 0 Å². The molecule has 1 N–H and O–H groups in total. The minimum Gasteiger partial charge on any atom is -0.492 e. The van der Waals surface area contributed by atoms with Crippen LogP contribution in [0.4, 0.5) is 5.69 Å². The van der Waals surface area contributed by atoms with Gasteiger partial charge in [-0.25, -0.2) is 0 Å². The van der Waals surface area contributed by atoms with Crippen LogP contribution in [0, 0.1) is 0 Å². The number of amides is 1. The Hall–Kier alpha value is -2.18. The Kier molecular flexibility index (Phi) is 6.52. The third-order valence-electron chi connectivity index (χ3n) is 3.37. The average molecular weight is 346 g/mol. The highest BCUT2D eigenvalue weighted by Gasteiger charge is 2.07. The first kappa shape index (κ1) is 18.2. The number of nitrogens with zero attached hydrogens (tertiary/aromatic N) is 1. The van der Waals surface area contributed by atoms with Crippen molar-refractivity contribution in [2.24, 2.45) is 0 Å². The van der Waals surface area contributed by atoms with Gasteiger partial charge in [0, 0.05) is 39.7 Å². The lowest BCUT2D eigenvalue weighted by atomic mass is 10.2. The fourth-order valence-electron chi connectivity index (χ4n) is 1.98. The normalized spacial score (nSPS) is 12.0. The number of carbonyl (C=O) groups is 1. The fourth-order valence-corrected chi connectivity index (χ4v) is 2.50. The van der Waals surface area contributed by atoms with Gasteiger partial charge < -0.3 is 15.0 Å². The van der Waals surface area contributed by atoms with Gasteiger partial charge in [0.25, 0.3) is 5.91 Å². The summed E-state index contributed by atoms with van der Waals surface area (Å²) >= 11 is 0. The van der Waals surface area contributed by atoms with Crippen molar-refractivity contribution >= 4 is 22.4 Å². The Morgan fingerprint density at radius 2 is 1.71 bits per heavy atom. The Bertz CT molecular complexity index is 697. The Morgan fingerprint density at radius 1 is 1.08 bits per heavy atom. The summed E-state index contributed by atoms with van der Waals surface area (Å²) in [5, 5.41) is 2.83. The van der Waals surface area contributed by atoms with E-state index in [2.05, 4.69) is 5.32 Å². The number of hydrogen-bond acceptors (Lipinski definition) is 4. The molecule has 0 radical (unpaired) electrons. The standard InChI is InChI=1S/C18H22N2O3S/c1-20(2)12-13-23-16-8-6-15(7-9-16)19-18(21)14-4-10-17(11-5-14)24(3)22/h4-11H,12-13H2,1-3H3,(H,19,21). The second-order valence-corrected chi connectivity index (χ2v) is 6.99. The molecule has 0 aliphatic heterocycles. The minimum absolute atomic E-state index is 0.204. The van der Waals surface area contributed by atoms with Crippen LogP contribution in [-0.4, -0.2) is 48.5 Å². The van der Waals surface area contributed by atoms with E-state index in [1.807, 2.05) is 31.1 Å². The second-order valence-electron chi connectivity index (χ2n) is 5.61. The maximum atomic E-state index is 12.2. The SMILES string of the molecule is CN(C)CCOc1ccc(NC(=O)c2ccc(S(C)=O)cc2)cc1. The van der Waals surface area contributed by atoms with Gasteiger partial charge in [-0.3, -0.25) is 9.00 Å². The largest absolute Gasteiger partial charge is 0.492 e. The summed E-state index contributed by atoms with van der Waals surface area (Å²) in [5.41, 5.74) is 1.22. The highest BCUT2D eigenvalue weighted by molar-refractivity contribution is 7.84. The zero-order valence-corrected chi connectivity index (χ0v) is 14.9. The van der Waals surface area contributed by atoms with Gasteiger partial charge >= 0.3 is 0 Å². The van der Waals surface area contributed by atoms with Crippen molar-refractivity contribution in [2.45, 2.75) is 4.90 Å². The number of nitrogens with one attached hydrogen (secondary N) is 1. The summed E-state index contributed by atoms with van der Waals surface area (Å²) in [6.45, 7) is 1.46. The van der Waals surface area contributed by atoms with Crippen LogP contribution in [0.3, 0.4) is 0 Å². The van der Waals surface area contributed by atoms with Crippen LogP contribution < -0.4 is 10.1 Å². The van der Waals surface area contributed by atoms with E-state index < -0.39 is 10.8 Å². The zero-order valence-electron chi connectivity index (χ0n) is 14.1. The number of carbonyl (C=O) groups excluding carboxylic acids is 1. The molecule has 2 rings (SSSR count). The summed E-state index contributed by atoms with van der Waals surface area (Å²) in [4.78, 5) is 15.0. The van der Waals surface area contributed by atoms with Gasteiger partial charge in [0.15, 0.2) is 0 Å². The van der Waals surface area contributed by atoms with Crippen LogP contribution in [-0.2, 0) is 10.8 Å². The van der Waals surface area contributed by atoms with Crippen molar-refractivity contribution in [3.05, 3.63) is 54.1 Å². The van der Waals surface area contributed by atoms with Crippen LogP contribution in [0.2, 0.25) is 0 Å². The average Bonchev–Trinajstić information content (AvgIpc) is 2.56. The molecule has 0 aliphatic rings. The van der Waals surface area contributed by atoms with Gasteiger partial charge in [-0.1, -0.05) is 0 Å². The smallest absolute Gasteiger partial charge is 0.255 e. The molecule has 1 unspecified atom stereocenters. The van der Waals surface area contributed by atoms with E-state index in [1.165, 1.54) is 0 Å². The van der Waals surface area contributed by atoms with Crippen molar-refractivity contribution in [1.29, 1.82) is 0 Å². The van der Waals surface area contributed by atoms with E-state index in [1.54, 1.807) is 42.7 Å². The molecule has 0 heterocycles. The van der Waals surface area contributed by atoms with E-state index in [-0.39, 0.29) is 5.91 Å². The quantitative estimate of drug-likeness (QED) is 0.837. The number of hydrogen-bond donors (Lipinski definition) is 1. The topological polar surface area (TPSA) is 58.6 Å². The zero-order chi connectivity index (χ0) is 17.5. The number of ether oxygens (including phenoxy) is 1. The van der Waals surface area contributed by atoms with E-state index in [9.17, 15) is 9.00 Å². The molecule has 6 heteroatoms. The molecule has 0 fully saturated rings. The molecule has 24 heavy (non-hydrogen) atoms. The van der Waals surface area contributed by atoms with E-state index in [0.29, 0.717) is 22.8 Å². The molecule has 2 aromatic carbocycles. The summed E-state index contributed by atoms with van der Waals surface area (Å²) < 4.78 is 17.0. The molecule has 0 saturated carbocycles. The van der Waals surface area contributed by atoms with E-state index in [0.717, 1.165) is 12.3 Å². The van der Waals surface area contributed by atoms with Crippen molar-refractivity contribution in [3.8, 4) is 5.75 Å². The van der Waals surface area contributed by atoms with Crippen molar-refractivity contribution < 1.29 is 13.7 Å². The van der Waals surface area contributed by atoms with Crippen LogP contribution in [0.25, 0.3) is 0 Å². The van der Waals surface area contributed by atoms with Crippen LogP contribution in [0.15, 0.2) is 53.4 Å². The molecule has 1 amide bonds. The minimum atomic E-state index is -1.05. The monoisotopic (exact) mass is 346 g/mol. The molecule has 0 aliphatic carbocycles. The predicted molar refractivity (Wildman–Crippen MR) is 97.2 cm³/mol. The molecule has 0 saturated heterocycles. The van der Waals surface area contributed by atoms with Crippen molar-refractivity contribution in [1.82, 2.24) is 4.90 Å². The molecule has 2 aromatic rings. The Balaban J connectivity index is 1.92. The van der Waals surface area contributed by atoms with Crippen molar-refractivity contribution in [2.75, 3.05) is 38.8 Å². The van der Waals surface area contributed by atoms with E-state index in [4.69, 9.17) is 4.74 Å². The first-order valence-electron chi connectivity index (χ1n) is 7.58. The van der Waals surface area contributed by atoms with Gasteiger partial charge in [-0.05, 0) is 62.6 Å². The third kappa shape index (κ3) is 5.47. The number of anilines is 1. The van der Waals surface area contributed by atoms with E-state index >= 15 is 0 Å². The molecular weight excluding hydrogens is 324 g/mol. The Labute approximate surface area is 145 Å². The summed E-state index contributed by atoms with van der Waals surface area (Å²) in [5.74, 6) is 0.564. The maximum absolute atomic E-state index is 12.2. The van der Waals surface area contributed by atoms with Crippen LogP contribution >= 0.6 is 0 Å². The van der Waals surface area contributed by atoms with Crippen molar-refractivity contribution in [3.63, 3.8) is 0 Å². The Morgan fingerprint density at radius 3 is 2.25 bits per heavy atom. The summed E-state index contributed by atoms with van der Waals surface area (Å²) in [6, 6.07) is 14.0. The fraction of sp³-hybridized carbons (Fsp3) is 0.278. The lowest BCUT2D eigenvalue weighted by molar-refractivity contribution is 0.102. The molecule has 128 valence electrons. The first-order valence-corrected chi connectivity index (χ1v) is 9.14.